The highest BCUT2D eigenvalue weighted by atomic mass is 32.2. The summed E-state index contributed by atoms with van der Waals surface area (Å²) < 4.78 is 3.32. The summed E-state index contributed by atoms with van der Waals surface area (Å²) in [6, 6.07) is 9.02. The van der Waals surface area contributed by atoms with Gasteiger partial charge >= 0.3 is 0 Å². The van der Waals surface area contributed by atoms with Crippen molar-refractivity contribution in [1.29, 1.82) is 0 Å². The van der Waals surface area contributed by atoms with Gasteiger partial charge in [-0.05, 0) is 25.0 Å². The van der Waals surface area contributed by atoms with Gasteiger partial charge in [-0.15, -0.1) is 0 Å². The third kappa shape index (κ3) is 3.99. The highest BCUT2D eigenvalue weighted by Crippen LogP contribution is 2.11. The molecule has 0 spiro atoms. The fourth-order valence-corrected chi connectivity index (χ4v) is 1.82. The molecule has 1 aromatic rings. The zero-order valence-corrected chi connectivity index (χ0v) is 9.60. The SMILES string of the molecule is C=Cc1ccc(CSNC(C)C)cc1. The van der Waals surface area contributed by atoms with Crippen LogP contribution in [-0.2, 0) is 5.75 Å². The monoisotopic (exact) mass is 207 g/mol. The smallest absolute Gasteiger partial charge is 0.0330 e. The Morgan fingerprint density at radius 1 is 1.36 bits per heavy atom. The minimum Gasteiger partial charge on any atom is -0.261 e. The second-order valence-electron chi connectivity index (χ2n) is 3.51. The average molecular weight is 207 g/mol. The Labute approximate surface area is 90.7 Å². The zero-order chi connectivity index (χ0) is 10.4. The van der Waals surface area contributed by atoms with Crippen molar-refractivity contribution in [2.45, 2.75) is 25.6 Å². The van der Waals surface area contributed by atoms with E-state index in [0.717, 1.165) is 5.75 Å². The van der Waals surface area contributed by atoms with E-state index in [2.05, 4.69) is 49.4 Å². The molecule has 1 nitrogen and oxygen atoms in total. The van der Waals surface area contributed by atoms with E-state index in [4.69, 9.17) is 0 Å². The average Bonchev–Trinajstić information content (AvgIpc) is 2.18. The van der Waals surface area contributed by atoms with Crippen molar-refractivity contribution in [3.8, 4) is 0 Å². The molecule has 0 aliphatic heterocycles. The fourth-order valence-electron chi connectivity index (χ4n) is 1.04. The normalized spacial score (nSPS) is 10.5. The molecular weight excluding hydrogens is 190 g/mol. The second-order valence-corrected chi connectivity index (χ2v) is 4.32. The number of benzene rings is 1. The molecule has 1 N–H and O–H groups in total. The Bertz CT molecular complexity index is 277. The standard InChI is InChI=1S/C12H17NS/c1-4-11-5-7-12(8-6-11)9-14-13-10(2)3/h4-8,10,13H,1,9H2,2-3H3. The van der Waals surface area contributed by atoms with Gasteiger partial charge in [0.15, 0.2) is 0 Å². The molecule has 0 unspecified atom stereocenters. The summed E-state index contributed by atoms with van der Waals surface area (Å²) in [4.78, 5) is 0. The maximum atomic E-state index is 3.73. The van der Waals surface area contributed by atoms with Gasteiger partial charge < -0.3 is 0 Å². The van der Waals surface area contributed by atoms with E-state index in [1.807, 2.05) is 6.08 Å². The topological polar surface area (TPSA) is 12.0 Å². The molecule has 76 valence electrons. The Hall–Kier alpha value is -0.730. The van der Waals surface area contributed by atoms with Crippen LogP contribution < -0.4 is 4.72 Å². The largest absolute Gasteiger partial charge is 0.261 e. The van der Waals surface area contributed by atoms with Crippen molar-refractivity contribution in [2.24, 2.45) is 0 Å². The molecule has 0 saturated carbocycles. The third-order valence-corrected chi connectivity index (χ3v) is 2.89. The first-order valence-corrected chi connectivity index (χ1v) is 5.79. The molecule has 0 aromatic heterocycles. The van der Waals surface area contributed by atoms with Crippen LogP contribution in [0, 0.1) is 0 Å². The van der Waals surface area contributed by atoms with Gasteiger partial charge in [-0.1, -0.05) is 48.9 Å². The van der Waals surface area contributed by atoms with Crippen LogP contribution in [0.25, 0.3) is 6.08 Å². The van der Waals surface area contributed by atoms with Crippen molar-refractivity contribution in [3.63, 3.8) is 0 Å². The van der Waals surface area contributed by atoms with E-state index in [-0.39, 0.29) is 0 Å². The molecule has 0 heterocycles. The Morgan fingerprint density at radius 2 is 2.00 bits per heavy atom. The maximum absolute atomic E-state index is 3.73. The Kier molecular flexibility index (Phi) is 4.77. The number of nitrogens with one attached hydrogen (secondary N) is 1. The molecule has 0 bridgehead atoms. The lowest BCUT2D eigenvalue weighted by atomic mass is 10.1. The highest BCUT2D eigenvalue weighted by molar-refractivity contribution is 7.96. The molecule has 0 amide bonds. The van der Waals surface area contributed by atoms with Crippen molar-refractivity contribution in [3.05, 3.63) is 42.0 Å². The lowest BCUT2D eigenvalue weighted by Gasteiger charge is -2.06. The van der Waals surface area contributed by atoms with Gasteiger partial charge in [-0.2, -0.15) is 0 Å². The molecule has 0 radical (unpaired) electrons. The third-order valence-electron chi connectivity index (χ3n) is 1.77. The molecule has 2 heteroatoms. The van der Waals surface area contributed by atoms with E-state index in [1.165, 1.54) is 11.1 Å². The Balaban J connectivity index is 2.40. The lowest BCUT2D eigenvalue weighted by molar-refractivity contribution is 0.770. The Morgan fingerprint density at radius 3 is 2.50 bits per heavy atom. The summed E-state index contributed by atoms with van der Waals surface area (Å²) >= 11 is 1.75. The predicted molar refractivity (Wildman–Crippen MR) is 66.1 cm³/mol. The molecule has 0 fully saturated rings. The summed E-state index contributed by atoms with van der Waals surface area (Å²) in [5.74, 6) is 1.01. The van der Waals surface area contributed by atoms with Crippen LogP contribution in [0.1, 0.15) is 25.0 Å². The lowest BCUT2D eigenvalue weighted by Crippen LogP contribution is -2.14. The van der Waals surface area contributed by atoms with Gasteiger partial charge in [0, 0.05) is 11.8 Å². The zero-order valence-electron chi connectivity index (χ0n) is 8.79. The number of hydrogen-bond donors (Lipinski definition) is 1. The first-order valence-electron chi connectivity index (χ1n) is 4.81. The van der Waals surface area contributed by atoms with E-state index in [1.54, 1.807) is 11.9 Å². The van der Waals surface area contributed by atoms with Crippen LogP contribution in [0.15, 0.2) is 30.8 Å². The van der Waals surface area contributed by atoms with E-state index < -0.39 is 0 Å². The van der Waals surface area contributed by atoms with Crippen LogP contribution in [0.4, 0.5) is 0 Å². The number of hydrogen-bond acceptors (Lipinski definition) is 2. The summed E-state index contributed by atoms with van der Waals surface area (Å²) in [5, 5.41) is 0. The van der Waals surface area contributed by atoms with Crippen molar-refractivity contribution in [1.82, 2.24) is 4.72 Å². The first kappa shape index (κ1) is 11.3. The fraction of sp³-hybridized carbons (Fsp3) is 0.333. The van der Waals surface area contributed by atoms with Gasteiger partial charge in [-0.25, -0.2) is 0 Å². The maximum Gasteiger partial charge on any atom is 0.0330 e. The van der Waals surface area contributed by atoms with E-state index >= 15 is 0 Å². The minimum absolute atomic E-state index is 0.535. The quantitative estimate of drug-likeness (QED) is 0.742. The number of rotatable bonds is 5. The van der Waals surface area contributed by atoms with Crippen molar-refractivity contribution in [2.75, 3.05) is 0 Å². The predicted octanol–water partition coefficient (Wildman–Crippen LogP) is 3.48. The van der Waals surface area contributed by atoms with Gasteiger partial charge in [0.1, 0.15) is 0 Å². The summed E-state index contributed by atoms with van der Waals surface area (Å²) in [6.45, 7) is 8.02. The summed E-state index contributed by atoms with van der Waals surface area (Å²) in [7, 11) is 0. The van der Waals surface area contributed by atoms with Crippen LogP contribution in [0.2, 0.25) is 0 Å². The van der Waals surface area contributed by atoms with Gasteiger partial charge in [0.2, 0.25) is 0 Å². The molecule has 1 rings (SSSR count). The van der Waals surface area contributed by atoms with Crippen LogP contribution >= 0.6 is 11.9 Å². The molecule has 0 aliphatic carbocycles. The molecule has 0 saturated heterocycles. The van der Waals surface area contributed by atoms with Crippen LogP contribution in [0.3, 0.4) is 0 Å². The molecule has 14 heavy (non-hydrogen) atoms. The van der Waals surface area contributed by atoms with Crippen molar-refractivity contribution >= 4 is 18.0 Å². The minimum atomic E-state index is 0.535. The van der Waals surface area contributed by atoms with Gasteiger partial charge in [0.05, 0.1) is 0 Å². The van der Waals surface area contributed by atoms with Gasteiger partial charge in [-0.3, -0.25) is 4.72 Å². The molecule has 0 atom stereocenters. The molecule has 1 aromatic carbocycles. The first-order chi connectivity index (χ1) is 6.72. The highest BCUT2D eigenvalue weighted by Gasteiger charge is 1.95. The van der Waals surface area contributed by atoms with E-state index in [9.17, 15) is 0 Å². The van der Waals surface area contributed by atoms with E-state index in [0.29, 0.717) is 6.04 Å². The van der Waals surface area contributed by atoms with Gasteiger partial charge in [0.25, 0.3) is 0 Å². The summed E-state index contributed by atoms with van der Waals surface area (Å²) in [6.07, 6.45) is 1.86. The second kappa shape index (κ2) is 5.89. The molecule has 0 aliphatic rings. The molecular formula is C12H17NS. The van der Waals surface area contributed by atoms with Crippen molar-refractivity contribution < 1.29 is 0 Å². The van der Waals surface area contributed by atoms with Crippen LogP contribution in [0.5, 0.6) is 0 Å². The van der Waals surface area contributed by atoms with Crippen LogP contribution in [-0.4, -0.2) is 6.04 Å². The summed E-state index contributed by atoms with van der Waals surface area (Å²) in [5.41, 5.74) is 2.52.